The summed E-state index contributed by atoms with van der Waals surface area (Å²) in [5, 5.41) is 0. The van der Waals surface area contributed by atoms with Crippen molar-refractivity contribution < 1.29 is 8.78 Å². The fourth-order valence-electron chi connectivity index (χ4n) is 3.99. The summed E-state index contributed by atoms with van der Waals surface area (Å²) in [4.78, 5) is 0. The fraction of sp³-hybridized carbons (Fsp3) is 1.00. The number of hydrogen-bond donors (Lipinski definition) is 0. The molecule has 0 saturated heterocycles. The molecule has 0 aliphatic heterocycles. The van der Waals surface area contributed by atoms with E-state index in [0.717, 1.165) is 38.0 Å². The summed E-state index contributed by atoms with van der Waals surface area (Å²) in [7, 11) is 0. The molecule has 2 aliphatic rings. The van der Waals surface area contributed by atoms with Gasteiger partial charge in [-0.3, -0.25) is 0 Å². The second kappa shape index (κ2) is 5.67. The average molecular weight is 244 g/mol. The molecule has 0 aromatic carbocycles. The van der Waals surface area contributed by atoms with Crippen LogP contribution in [-0.4, -0.2) is 5.92 Å². The lowest BCUT2D eigenvalue weighted by Gasteiger charge is -2.40. The van der Waals surface area contributed by atoms with Gasteiger partial charge in [-0.15, -0.1) is 0 Å². The molecule has 2 rings (SSSR count). The second-order valence-electron chi connectivity index (χ2n) is 6.18. The highest BCUT2D eigenvalue weighted by Crippen LogP contribution is 2.47. The number of alkyl halides is 2. The van der Waals surface area contributed by atoms with Crippen LogP contribution < -0.4 is 0 Å². The number of rotatable bonds is 3. The van der Waals surface area contributed by atoms with Crippen molar-refractivity contribution in [3.05, 3.63) is 0 Å². The maximum Gasteiger partial charge on any atom is 0.251 e. The van der Waals surface area contributed by atoms with Gasteiger partial charge < -0.3 is 0 Å². The standard InChI is InChI=1S/C15H26F2/c1-2-5-12-7-9-13(10-8-12)14-6-3-4-11-15(14,16)17/h12-14H,2-11H2,1H3. The third-order valence-corrected chi connectivity index (χ3v) is 4.98. The van der Waals surface area contributed by atoms with E-state index in [1.54, 1.807) is 0 Å². The Bertz CT molecular complexity index is 229. The van der Waals surface area contributed by atoms with Crippen LogP contribution in [0.1, 0.15) is 71.1 Å². The van der Waals surface area contributed by atoms with Gasteiger partial charge in [0.15, 0.2) is 0 Å². The van der Waals surface area contributed by atoms with Crippen LogP contribution in [0.3, 0.4) is 0 Å². The van der Waals surface area contributed by atoms with E-state index in [-0.39, 0.29) is 12.3 Å². The zero-order valence-electron chi connectivity index (χ0n) is 11.1. The molecule has 1 atom stereocenters. The zero-order valence-corrected chi connectivity index (χ0v) is 11.1. The van der Waals surface area contributed by atoms with Gasteiger partial charge in [0.25, 0.3) is 5.92 Å². The predicted octanol–water partition coefficient (Wildman–Crippen LogP) is 5.42. The molecule has 0 aromatic heterocycles. The normalized spacial score (nSPS) is 37.9. The molecule has 17 heavy (non-hydrogen) atoms. The van der Waals surface area contributed by atoms with Gasteiger partial charge in [-0.1, -0.05) is 39.0 Å². The summed E-state index contributed by atoms with van der Waals surface area (Å²) in [6.07, 6.45) is 9.74. The number of hydrogen-bond acceptors (Lipinski definition) is 0. The van der Waals surface area contributed by atoms with Crippen LogP contribution in [0.4, 0.5) is 8.78 Å². The first-order chi connectivity index (χ1) is 8.13. The van der Waals surface area contributed by atoms with Crippen molar-refractivity contribution >= 4 is 0 Å². The van der Waals surface area contributed by atoms with Crippen LogP contribution in [0.5, 0.6) is 0 Å². The molecule has 2 heteroatoms. The van der Waals surface area contributed by atoms with Gasteiger partial charge in [0.1, 0.15) is 0 Å². The van der Waals surface area contributed by atoms with Gasteiger partial charge in [0.05, 0.1) is 0 Å². The Kier molecular flexibility index (Phi) is 4.43. The maximum atomic E-state index is 13.9. The third kappa shape index (κ3) is 3.20. The summed E-state index contributed by atoms with van der Waals surface area (Å²) in [5.41, 5.74) is 0. The monoisotopic (exact) mass is 244 g/mol. The summed E-state index contributed by atoms with van der Waals surface area (Å²) in [5.74, 6) is -1.51. The van der Waals surface area contributed by atoms with Crippen molar-refractivity contribution in [2.75, 3.05) is 0 Å². The minimum Gasteiger partial charge on any atom is -0.207 e. The van der Waals surface area contributed by atoms with E-state index < -0.39 is 5.92 Å². The van der Waals surface area contributed by atoms with Gasteiger partial charge in [-0.25, -0.2) is 8.78 Å². The van der Waals surface area contributed by atoms with Crippen LogP contribution in [0.2, 0.25) is 0 Å². The van der Waals surface area contributed by atoms with Crippen molar-refractivity contribution in [1.29, 1.82) is 0 Å². The lowest BCUT2D eigenvalue weighted by atomic mass is 9.69. The molecule has 100 valence electrons. The largest absolute Gasteiger partial charge is 0.251 e. The Hall–Kier alpha value is -0.140. The Labute approximate surface area is 104 Å². The van der Waals surface area contributed by atoms with E-state index in [0.29, 0.717) is 5.92 Å². The van der Waals surface area contributed by atoms with Crippen molar-refractivity contribution in [2.45, 2.75) is 77.1 Å². The van der Waals surface area contributed by atoms with Gasteiger partial charge >= 0.3 is 0 Å². The van der Waals surface area contributed by atoms with Crippen molar-refractivity contribution in [3.8, 4) is 0 Å². The van der Waals surface area contributed by atoms with Crippen molar-refractivity contribution in [3.63, 3.8) is 0 Å². The van der Waals surface area contributed by atoms with E-state index in [2.05, 4.69) is 6.92 Å². The Morgan fingerprint density at radius 2 is 1.71 bits per heavy atom. The molecular weight excluding hydrogens is 218 g/mol. The maximum absolute atomic E-state index is 13.9. The molecule has 0 amide bonds. The molecule has 0 N–H and O–H groups in total. The topological polar surface area (TPSA) is 0 Å². The number of halogens is 2. The summed E-state index contributed by atoms with van der Waals surface area (Å²) in [6, 6.07) is 0. The Morgan fingerprint density at radius 3 is 2.29 bits per heavy atom. The average Bonchev–Trinajstić information content (AvgIpc) is 2.30. The van der Waals surface area contributed by atoms with E-state index in [1.165, 1.54) is 25.7 Å². The zero-order chi connectivity index (χ0) is 12.3. The molecule has 2 aliphatic carbocycles. The van der Waals surface area contributed by atoms with Crippen LogP contribution >= 0.6 is 0 Å². The van der Waals surface area contributed by atoms with Crippen LogP contribution in [0.15, 0.2) is 0 Å². The molecule has 0 aromatic rings. The van der Waals surface area contributed by atoms with Gasteiger partial charge in [0.2, 0.25) is 0 Å². The quantitative estimate of drug-likeness (QED) is 0.622. The van der Waals surface area contributed by atoms with Crippen LogP contribution in [-0.2, 0) is 0 Å². The van der Waals surface area contributed by atoms with Gasteiger partial charge in [-0.2, -0.15) is 0 Å². The Balaban J connectivity index is 1.87. The van der Waals surface area contributed by atoms with E-state index in [9.17, 15) is 8.78 Å². The van der Waals surface area contributed by atoms with E-state index in [4.69, 9.17) is 0 Å². The third-order valence-electron chi connectivity index (χ3n) is 4.98. The first-order valence-electron chi connectivity index (χ1n) is 7.51. The van der Waals surface area contributed by atoms with Crippen molar-refractivity contribution in [2.24, 2.45) is 17.8 Å². The Morgan fingerprint density at radius 1 is 1.00 bits per heavy atom. The molecule has 0 nitrogen and oxygen atoms in total. The second-order valence-corrected chi connectivity index (χ2v) is 6.18. The first kappa shape index (κ1) is 13.3. The highest BCUT2D eigenvalue weighted by Gasteiger charge is 2.45. The SMILES string of the molecule is CCCC1CCC(C2CCCCC2(F)F)CC1. The lowest BCUT2D eigenvalue weighted by molar-refractivity contribution is -0.113. The van der Waals surface area contributed by atoms with Crippen LogP contribution in [0.25, 0.3) is 0 Å². The summed E-state index contributed by atoms with van der Waals surface area (Å²) >= 11 is 0. The molecule has 0 heterocycles. The summed E-state index contributed by atoms with van der Waals surface area (Å²) in [6.45, 7) is 2.22. The first-order valence-corrected chi connectivity index (χ1v) is 7.51. The highest BCUT2D eigenvalue weighted by atomic mass is 19.3. The molecule has 2 fully saturated rings. The molecule has 0 spiro atoms. The minimum absolute atomic E-state index is 0.145. The summed E-state index contributed by atoms with van der Waals surface area (Å²) < 4.78 is 27.8. The highest BCUT2D eigenvalue weighted by molar-refractivity contribution is 4.88. The smallest absolute Gasteiger partial charge is 0.207 e. The minimum atomic E-state index is -2.36. The fourth-order valence-corrected chi connectivity index (χ4v) is 3.99. The lowest BCUT2D eigenvalue weighted by Crippen LogP contribution is -2.38. The molecular formula is C15H26F2. The molecule has 0 bridgehead atoms. The molecule has 1 unspecified atom stereocenters. The van der Waals surface area contributed by atoms with Crippen LogP contribution in [0, 0.1) is 17.8 Å². The molecule has 2 saturated carbocycles. The van der Waals surface area contributed by atoms with Crippen molar-refractivity contribution in [1.82, 2.24) is 0 Å². The van der Waals surface area contributed by atoms with Gasteiger partial charge in [-0.05, 0) is 37.5 Å². The van der Waals surface area contributed by atoms with E-state index in [1.807, 2.05) is 0 Å². The van der Waals surface area contributed by atoms with Gasteiger partial charge in [0, 0.05) is 12.3 Å². The molecule has 0 radical (unpaired) electrons. The predicted molar refractivity (Wildman–Crippen MR) is 67.3 cm³/mol. The van der Waals surface area contributed by atoms with E-state index >= 15 is 0 Å².